The largest absolute Gasteiger partial charge is 0.453 e. The molecule has 1 atom stereocenters. The fourth-order valence-electron chi connectivity index (χ4n) is 0.977. The number of rotatable bonds is 5. The Kier molecular flexibility index (Phi) is 5.67. The van der Waals surface area contributed by atoms with Gasteiger partial charge in [-0.2, -0.15) is 12.6 Å². The van der Waals surface area contributed by atoms with Gasteiger partial charge in [0, 0.05) is 7.11 Å². The lowest BCUT2D eigenvalue weighted by Crippen LogP contribution is -2.49. The van der Waals surface area contributed by atoms with Crippen LogP contribution < -0.4 is 5.32 Å². The van der Waals surface area contributed by atoms with Crippen LogP contribution in [0.2, 0.25) is 0 Å². The lowest BCUT2D eigenvalue weighted by atomic mass is 10.0. The number of alkyl carbamates (subject to hydrolysis) is 1. The van der Waals surface area contributed by atoms with Gasteiger partial charge in [-0.15, -0.1) is 0 Å². The van der Waals surface area contributed by atoms with Gasteiger partial charge in [-0.05, 0) is 13.8 Å². The second-order valence-electron chi connectivity index (χ2n) is 3.57. The fraction of sp³-hybridized carbons (Fsp3) is 0.778. The SMILES string of the molecule is COC[C@H](NC(=O)OC)C(=O)C(C)(C)S. The van der Waals surface area contributed by atoms with Crippen LogP contribution in [0.25, 0.3) is 0 Å². The van der Waals surface area contributed by atoms with Crippen LogP contribution in [-0.2, 0) is 14.3 Å². The molecule has 0 aliphatic heterocycles. The van der Waals surface area contributed by atoms with Gasteiger partial charge in [0.15, 0.2) is 5.78 Å². The predicted molar refractivity (Wildman–Crippen MR) is 59.3 cm³/mol. The summed E-state index contributed by atoms with van der Waals surface area (Å²) >= 11 is 4.14. The minimum absolute atomic E-state index is 0.0952. The maximum atomic E-state index is 11.8. The standard InChI is InChI=1S/C9H17NO4S/c1-9(2,15)7(11)6(5-13-3)10-8(12)14-4/h6,15H,5H2,1-4H3,(H,10,12)/t6-/m0/s1. The smallest absolute Gasteiger partial charge is 0.407 e. The molecule has 0 aliphatic carbocycles. The highest BCUT2D eigenvalue weighted by Crippen LogP contribution is 2.15. The van der Waals surface area contributed by atoms with Crippen molar-refractivity contribution in [1.29, 1.82) is 0 Å². The van der Waals surface area contributed by atoms with E-state index < -0.39 is 16.9 Å². The number of thiol groups is 1. The number of Topliss-reactive ketones (excluding diaryl/α,β-unsaturated/α-hetero) is 1. The average molecular weight is 235 g/mol. The van der Waals surface area contributed by atoms with E-state index >= 15 is 0 Å². The molecule has 88 valence electrons. The lowest BCUT2D eigenvalue weighted by Gasteiger charge is -2.23. The zero-order valence-corrected chi connectivity index (χ0v) is 10.3. The summed E-state index contributed by atoms with van der Waals surface area (Å²) in [4.78, 5) is 22.7. The topological polar surface area (TPSA) is 64.6 Å². The van der Waals surface area contributed by atoms with Crippen molar-refractivity contribution in [2.45, 2.75) is 24.6 Å². The van der Waals surface area contributed by atoms with Crippen molar-refractivity contribution in [2.24, 2.45) is 0 Å². The summed E-state index contributed by atoms with van der Waals surface area (Å²) in [7, 11) is 2.68. The molecule has 0 aliphatic rings. The zero-order chi connectivity index (χ0) is 12.1. The quantitative estimate of drug-likeness (QED) is 0.686. The summed E-state index contributed by atoms with van der Waals surface area (Å²) in [6, 6.07) is -0.741. The van der Waals surface area contributed by atoms with Gasteiger partial charge in [0.2, 0.25) is 0 Å². The Morgan fingerprint density at radius 1 is 1.40 bits per heavy atom. The van der Waals surface area contributed by atoms with Crippen LogP contribution in [0, 0.1) is 0 Å². The van der Waals surface area contributed by atoms with Crippen LogP contribution in [0.15, 0.2) is 0 Å². The molecule has 0 spiro atoms. The van der Waals surface area contributed by atoms with Gasteiger partial charge in [-0.3, -0.25) is 4.79 Å². The van der Waals surface area contributed by atoms with Gasteiger partial charge in [0.1, 0.15) is 6.04 Å². The van der Waals surface area contributed by atoms with E-state index in [1.807, 2.05) is 0 Å². The molecule has 0 saturated heterocycles. The van der Waals surface area contributed by atoms with Crippen LogP contribution in [0.1, 0.15) is 13.8 Å². The van der Waals surface area contributed by atoms with Gasteiger partial charge in [-0.1, -0.05) is 0 Å². The third-order valence-corrected chi connectivity index (χ3v) is 1.95. The first-order valence-corrected chi connectivity index (χ1v) is 4.87. The summed E-state index contributed by atoms with van der Waals surface area (Å²) in [6.07, 6.45) is -0.664. The first kappa shape index (κ1) is 14.2. The van der Waals surface area contributed by atoms with Crippen molar-refractivity contribution in [3.63, 3.8) is 0 Å². The summed E-state index contributed by atoms with van der Waals surface area (Å²) < 4.78 is 8.42. The van der Waals surface area contributed by atoms with E-state index in [2.05, 4.69) is 22.7 Å². The number of nitrogens with one attached hydrogen (secondary N) is 1. The molecule has 5 nitrogen and oxygen atoms in total. The fourth-order valence-corrected chi connectivity index (χ4v) is 1.13. The number of ketones is 1. The molecular formula is C9H17NO4S. The maximum absolute atomic E-state index is 11.8. The van der Waals surface area contributed by atoms with Crippen molar-refractivity contribution in [1.82, 2.24) is 5.32 Å². The molecule has 0 saturated carbocycles. The molecule has 0 unspecified atom stereocenters. The van der Waals surface area contributed by atoms with E-state index in [0.717, 1.165) is 0 Å². The van der Waals surface area contributed by atoms with Gasteiger partial charge in [0.25, 0.3) is 0 Å². The second kappa shape index (κ2) is 5.97. The van der Waals surface area contributed by atoms with Gasteiger partial charge in [-0.25, -0.2) is 4.79 Å². The predicted octanol–water partition coefficient (Wildman–Crippen LogP) is 0.635. The monoisotopic (exact) mass is 235 g/mol. The Labute approximate surface area is 94.9 Å². The number of carbonyl (C=O) groups excluding carboxylic acids is 2. The van der Waals surface area contributed by atoms with Gasteiger partial charge < -0.3 is 14.8 Å². The molecule has 0 aromatic rings. The molecule has 0 radical (unpaired) electrons. The number of carbonyl (C=O) groups is 2. The number of ether oxygens (including phenoxy) is 2. The second-order valence-corrected chi connectivity index (χ2v) is 4.69. The van der Waals surface area contributed by atoms with Crippen LogP contribution in [-0.4, -0.2) is 43.5 Å². The summed E-state index contributed by atoms with van der Waals surface area (Å²) in [5.74, 6) is -0.224. The van der Waals surface area contributed by atoms with E-state index in [1.54, 1.807) is 13.8 Å². The Balaban J connectivity index is 4.52. The van der Waals surface area contributed by atoms with Crippen molar-refractivity contribution in [3.05, 3.63) is 0 Å². The average Bonchev–Trinajstić information content (AvgIpc) is 2.14. The molecule has 0 aromatic heterocycles. The third kappa shape index (κ3) is 5.03. The molecule has 1 amide bonds. The number of hydrogen-bond donors (Lipinski definition) is 2. The molecule has 0 fully saturated rings. The molecule has 0 aromatic carbocycles. The number of hydrogen-bond acceptors (Lipinski definition) is 5. The molecule has 0 heterocycles. The molecule has 0 rings (SSSR count). The summed E-state index contributed by atoms with van der Waals surface area (Å²) in [5, 5.41) is 2.39. The van der Waals surface area contributed by atoms with E-state index in [0.29, 0.717) is 0 Å². The third-order valence-electron chi connectivity index (χ3n) is 1.73. The van der Waals surface area contributed by atoms with E-state index in [9.17, 15) is 9.59 Å². The highest BCUT2D eigenvalue weighted by molar-refractivity contribution is 7.82. The van der Waals surface area contributed by atoms with Crippen LogP contribution in [0.4, 0.5) is 4.79 Å². The Bertz CT molecular complexity index is 237. The van der Waals surface area contributed by atoms with Gasteiger partial charge >= 0.3 is 6.09 Å². The van der Waals surface area contributed by atoms with Crippen LogP contribution >= 0.6 is 12.6 Å². The molecule has 15 heavy (non-hydrogen) atoms. The Morgan fingerprint density at radius 3 is 2.27 bits per heavy atom. The summed E-state index contributed by atoms with van der Waals surface area (Å²) in [5.41, 5.74) is 0. The van der Waals surface area contributed by atoms with Crippen molar-refractivity contribution < 1.29 is 19.1 Å². The highest BCUT2D eigenvalue weighted by Gasteiger charge is 2.31. The summed E-state index contributed by atoms with van der Waals surface area (Å²) in [6.45, 7) is 3.40. The minimum Gasteiger partial charge on any atom is -0.453 e. The zero-order valence-electron chi connectivity index (χ0n) is 9.36. The number of amides is 1. The van der Waals surface area contributed by atoms with E-state index in [-0.39, 0.29) is 12.4 Å². The molecular weight excluding hydrogens is 218 g/mol. The first-order chi connectivity index (χ1) is 6.82. The van der Waals surface area contributed by atoms with Crippen molar-refractivity contribution in [2.75, 3.05) is 20.8 Å². The normalized spacial score (nSPS) is 13.1. The van der Waals surface area contributed by atoms with E-state index in [4.69, 9.17) is 4.74 Å². The lowest BCUT2D eigenvalue weighted by molar-refractivity contribution is -0.123. The first-order valence-electron chi connectivity index (χ1n) is 4.43. The van der Waals surface area contributed by atoms with Crippen molar-refractivity contribution >= 4 is 24.5 Å². The maximum Gasteiger partial charge on any atom is 0.407 e. The number of methoxy groups -OCH3 is 2. The molecule has 6 heteroatoms. The Morgan fingerprint density at radius 2 is 1.93 bits per heavy atom. The highest BCUT2D eigenvalue weighted by atomic mass is 32.1. The van der Waals surface area contributed by atoms with Crippen LogP contribution in [0.3, 0.4) is 0 Å². The minimum atomic E-state index is -0.829. The Hall–Kier alpha value is -0.750. The van der Waals surface area contributed by atoms with Crippen LogP contribution in [0.5, 0.6) is 0 Å². The van der Waals surface area contributed by atoms with E-state index in [1.165, 1.54) is 14.2 Å². The van der Waals surface area contributed by atoms with Crippen molar-refractivity contribution in [3.8, 4) is 0 Å². The molecule has 1 N–H and O–H groups in total. The van der Waals surface area contributed by atoms with Gasteiger partial charge in [0.05, 0.1) is 18.5 Å². The molecule has 0 bridgehead atoms.